The predicted octanol–water partition coefficient (Wildman–Crippen LogP) is 0.725. The molecule has 1 saturated heterocycles. The van der Waals surface area contributed by atoms with Crippen LogP contribution in [0.1, 0.15) is 40.5 Å². The molecule has 32 heavy (non-hydrogen) atoms. The number of hydrogen-bond acceptors (Lipinski definition) is 5. The number of aromatic amines is 1. The first-order valence-electron chi connectivity index (χ1n) is 10.7. The van der Waals surface area contributed by atoms with E-state index in [0.717, 1.165) is 12.8 Å². The summed E-state index contributed by atoms with van der Waals surface area (Å²) in [6.07, 6.45) is 4.79. The van der Waals surface area contributed by atoms with Gasteiger partial charge in [0.05, 0.1) is 22.8 Å². The third-order valence-electron chi connectivity index (χ3n) is 5.96. The number of piperidine rings is 1. The van der Waals surface area contributed by atoms with Crippen molar-refractivity contribution in [1.29, 1.82) is 0 Å². The highest BCUT2D eigenvalue weighted by Gasteiger charge is 2.24. The normalized spacial score (nSPS) is 14.6. The maximum atomic E-state index is 13.0. The molecule has 1 aliphatic rings. The number of benzene rings is 1. The lowest BCUT2D eigenvalue weighted by Gasteiger charge is -2.32. The molecule has 168 valence electrons. The molecule has 0 saturated carbocycles. The van der Waals surface area contributed by atoms with Crippen molar-refractivity contribution in [3.05, 3.63) is 62.4 Å². The van der Waals surface area contributed by atoms with E-state index in [4.69, 9.17) is 0 Å². The van der Waals surface area contributed by atoms with E-state index in [1.807, 2.05) is 0 Å². The fourth-order valence-electron chi connectivity index (χ4n) is 4.13. The maximum absolute atomic E-state index is 13.0. The third kappa shape index (κ3) is 4.20. The molecule has 2 N–H and O–H groups in total. The lowest BCUT2D eigenvalue weighted by Crippen LogP contribution is -2.41. The van der Waals surface area contributed by atoms with Gasteiger partial charge in [0.15, 0.2) is 0 Å². The zero-order chi connectivity index (χ0) is 22.8. The molecule has 1 aromatic carbocycles. The van der Waals surface area contributed by atoms with Gasteiger partial charge in [0.25, 0.3) is 11.8 Å². The van der Waals surface area contributed by atoms with Gasteiger partial charge in [-0.2, -0.15) is 5.10 Å². The number of H-pyrrole nitrogens is 1. The van der Waals surface area contributed by atoms with Crippen LogP contribution in [0.25, 0.3) is 11.0 Å². The molecule has 0 spiro atoms. The van der Waals surface area contributed by atoms with Crippen LogP contribution in [0.3, 0.4) is 0 Å². The Balaban J connectivity index is 1.38. The smallest absolute Gasteiger partial charge is 0.316 e. The van der Waals surface area contributed by atoms with Gasteiger partial charge in [-0.15, -0.1) is 0 Å². The van der Waals surface area contributed by atoms with Gasteiger partial charge in [0.2, 0.25) is 0 Å². The molecule has 4 rings (SSSR count). The Morgan fingerprint density at radius 2 is 1.94 bits per heavy atom. The molecule has 1 aliphatic heterocycles. The van der Waals surface area contributed by atoms with Gasteiger partial charge < -0.3 is 19.8 Å². The molecule has 3 aromatic rings. The van der Waals surface area contributed by atoms with E-state index in [1.54, 1.807) is 47.9 Å². The number of aromatic nitrogens is 4. The Hall–Kier alpha value is -3.69. The van der Waals surface area contributed by atoms with Crippen LogP contribution in [-0.2, 0) is 13.6 Å². The second kappa shape index (κ2) is 8.81. The van der Waals surface area contributed by atoms with E-state index in [1.165, 1.54) is 10.8 Å². The zero-order valence-electron chi connectivity index (χ0n) is 18.1. The quantitative estimate of drug-likeness (QED) is 0.569. The highest BCUT2D eigenvalue weighted by Crippen LogP contribution is 2.20. The van der Waals surface area contributed by atoms with Crippen LogP contribution in [0.2, 0.25) is 0 Å². The number of fused-ring (bicyclic) bond motifs is 1. The zero-order valence-corrected chi connectivity index (χ0v) is 18.1. The van der Waals surface area contributed by atoms with Crippen molar-refractivity contribution in [3.63, 3.8) is 0 Å². The number of carbonyl (C=O) groups excluding carboxylic acids is 2. The van der Waals surface area contributed by atoms with Crippen LogP contribution < -0.4 is 16.4 Å². The summed E-state index contributed by atoms with van der Waals surface area (Å²) in [7, 11) is 1.76. The Morgan fingerprint density at radius 1 is 1.19 bits per heavy atom. The highest BCUT2D eigenvalue weighted by atomic mass is 16.2. The molecular weight excluding hydrogens is 412 g/mol. The molecule has 1 fully saturated rings. The van der Waals surface area contributed by atoms with E-state index in [9.17, 15) is 19.2 Å². The third-order valence-corrected chi connectivity index (χ3v) is 5.96. The molecule has 0 bridgehead atoms. The highest BCUT2D eigenvalue weighted by molar-refractivity contribution is 5.97. The Bertz CT molecular complexity index is 1280. The monoisotopic (exact) mass is 438 g/mol. The number of aryl methyl sites for hydroxylation is 2. The summed E-state index contributed by atoms with van der Waals surface area (Å²) in [5, 5.41) is 6.94. The summed E-state index contributed by atoms with van der Waals surface area (Å²) in [6, 6.07) is 5.02. The molecule has 10 nitrogen and oxygen atoms in total. The van der Waals surface area contributed by atoms with Crippen molar-refractivity contribution >= 4 is 22.8 Å². The van der Waals surface area contributed by atoms with Gasteiger partial charge in [0.1, 0.15) is 0 Å². The number of hydrogen-bond donors (Lipinski definition) is 2. The fourth-order valence-corrected chi connectivity index (χ4v) is 4.13. The Morgan fingerprint density at radius 3 is 2.59 bits per heavy atom. The average molecular weight is 438 g/mol. The van der Waals surface area contributed by atoms with Crippen LogP contribution in [0.4, 0.5) is 0 Å². The van der Waals surface area contributed by atoms with E-state index < -0.39 is 11.1 Å². The number of nitrogens with zero attached hydrogens (tertiary/aromatic N) is 4. The summed E-state index contributed by atoms with van der Waals surface area (Å²) >= 11 is 0. The Labute approximate surface area is 183 Å². The first kappa shape index (κ1) is 21.5. The molecule has 0 aliphatic carbocycles. The summed E-state index contributed by atoms with van der Waals surface area (Å²) < 4.78 is 2.98. The average Bonchev–Trinajstić information content (AvgIpc) is 3.24. The first-order chi connectivity index (χ1) is 15.4. The topological polar surface area (TPSA) is 122 Å². The fraction of sp³-hybridized carbons (Fsp3) is 0.409. The summed E-state index contributed by atoms with van der Waals surface area (Å²) in [5.74, 6) is 0.0405. The van der Waals surface area contributed by atoms with Gasteiger partial charge in [0, 0.05) is 45.0 Å². The molecule has 10 heteroatoms. The minimum Gasteiger partial charge on any atom is -0.352 e. The summed E-state index contributed by atoms with van der Waals surface area (Å²) in [5.41, 5.74) is 0.766. The molecule has 0 unspecified atom stereocenters. The molecule has 2 aromatic heterocycles. The molecule has 0 atom stereocenters. The van der Waals surface area contributed by atoms with Crippen LogP contribution in [0.15, 0.2) is 40.2 Å². The van der Waals surface area contributed by atoms with Crippen molar-refractivity contribution in [2.24, 2.45) is 13.0 Å². The van der Waals surface area contributed by atoms with E-state index in [2.05, 4.69) is 15.4 Å². The van der Waals surface area contributed by atoms with Crippen molar-refractivity contribution in [1.82, 2.24) is 29.5 Å². The van der Waals surface area contributed by atoms with Crippen molar-refractivity contribution in [2.45, 2.75) is 26.3 Å². The van der Waals surface area contributed by atoms with Gasteiger partial charge in [-0.05, 0) is 43.9 Å². The van der Waals surface area contributed by atoms with Crippen LogP contribution in [-0.4, -0.2) is 55.7 Å². The van der Waals surface area contributed by atoms with Gasteiger partial charge in [-0.25, -0.2) is 0 Å². The molecule has 3 heterocycles. The predicted molar refractivity (Wildman–Crippen MR) is 119 cm³/mol. The number of rotatable bonds is 5. The van der Waals surface area contributed by atoms with Crippen molar-refractivity contribution in [3.8, 4) is 0 Å². The van der Waals surface area contributed by atoms with Crippen LogP contribution >= 0.6 is 0 Å². The first-order valence-corrected chi connectivity index (χ1v) is 10.7. The van der Waals surface area contributed by atoms with E-state index >= 15 is 0 Å². The van der Waals surface area contributed by atoms with Crippen molar-refractivity contribution < 1.29 is 9.59 Å². The largest absolute Gasteiger partial charge is 0.352 e. The SMILES string of the molecule is CCn1c(=O)c(=O)[nH]c2cc(C(=O)N3CCC(CNC(=O)c4cnn(C)c4)CC3)ccc21. The van der Waals surface area contributed by atoms with Crippen LogP contribution in [0.5, 0.6) is 0 Å². The lowest BCUT2D eigenvalue weighted by molar-refractivity contribution is 0.0684. The number of likely N-dealkylation sites (tertiary alicyclic amines) is 1. The number of amides is 2. The Kier molecular flexibility index (Phi) is 5.93. The van der Waals surface area contributed by atoms with E-state index in [0.29, 0.717) is 54.3 Å². The second-order valence-corrected chi connectivity index (χ2v) is 8.08. The van der Waals surface area contributed by atoms with Gasteiger partial charge in [-0.3, -0.25) is 23.9 Å². The number of nitrogens with one attached hydrogen (secondary N) is 2. The minimum absolute atomic E-state index is 0.111. The lowest BCUT2D eigenvalue weighted by atomic mass is 9.96. The van der Waals surface area contributed by atoms with Crippen LogP contribution in [0, 0.1) is 5.92 Å². The summed E-state index contributed by atoms with van der Waals surface area (Å²) in [4.78, 5) is 53.5. The molecule has 2 amide bonds. The van der Waals surface area contributed by atoms with Gasteiger partial charge in [-0.1, -0.05) is 0 Å². The number of carbonyl (C=O) groups is 2. The summed E-state index contributed by atoms with van der Waals surface area (Å²) in [6.45, 7) is 3.91. The standard InChI is InChI=1S/C22H26N6O4/c1-3-28-18-5-4-15(10-17(18)25-20(30)22(28)32)21(31)27-8-6-14(7-9-27)11-23-19(29)16-12-24-26(2)13-16/h4-5,10,12-14H,3,6-9,11H2,1-2H3,(H,23,29)(H,25,30). The van der Waals surface area contributed by atoms with Gasteiger partial charge >= 0.3 is 11.1 Å². The second-order valence-electron chi connectivity index (χ2n) is 8.08. The molecular formula is C22H26N6O4. The maximum Gasteiger partial charge on any atom is 0.316 e. The molecule has 0 radical (unpaired) electrons. The minimum atomic E-state index is -0.696. The van der Waals surface area contributed by atoms with E-state index in [-0.39, 0.29) is 11.8 Å². The van der Waals surface area contributed by atoms with Crippen molar-refractivity contribution in [2.75, 3.05) is 19.6 Å².